The first-order valence-electron chi connectivity index (χ1n) is 6.66. The molecule has 100 valence electrons. The van der Waals surface area contributed by atoms with Crippen LogP contribution in [0.3, 0.4) is 0 Å². The number of hydrogen-bond acceptors (Lipinski definition) is 4. The standard InChI is InChI=1S/C14H23N3O/c1-12(2)18-14-5-4-13(10-15-14)11-17-8-6-16(3)7-9-17/h4-5,10,12H,6-9,11H2,1-3H3. The Kier molecular flexibility index (Phi) is 4.55. The fraction of sp³-hybridized carbons (Fsp3) is 0.643. The van der Waals surface area contributed by atoms with E-state index in [-0.39, 0.29) is 6.10 Å². The summed E-state index contributed by atoms with van der Waals surface area (Å²) in [6.45, 7) is 9.61. The monoisotopic (exact) mass is 249 g/mol. The second-order valence-corrected chi connectivity index (χ2v) is 5.25. The Balaban J connectivity index is 1.86. The van der Waals surface area contributed by atoms with Crippen molar-refractivity contribution in [1.29, 1.82) is 0 Å². The second kappa shape index (κ2) is 6.16. The first-order chi connectivity index (χ1) is 8.63. The number of hydrogen-bond donors (Lipinski definition) is 0. The van der Waals surface area contributed by atoms with Crippen molar-refractivity contribution >= 4 is 0 Å². The highest BCUT2D eigenvalue weighted by atomic mass is 16.5. The molecule has 0 amide bonds. The molecule has 18 heavy (non-hydrogen) atoms. The molecule has 0 N–H and O–H groups in total. The highest BCUT2D eigenvalue weighted by Crippen LogP contribution is 2.12. The summed E-state index contributed by atoms with van der Waals surface area (Å²) < 4.78 is 5.54. The van der Waals surface area contributed by atoms with Gasteiger partial charge in [0.15, 0.2) is 0 Å². The molecule has 0 aromatic carbocycles. The van der Waals surface area contributed by atoms with Crippen molar-refractivity contribution in [2.45, 2.75) is 26.5 Å². The van der Waals surface area contributed by atoms with Gasteiger partial charge in [0, 0.05) is 45.0 Å². The maximum absolute atomic E-state index is 5.54. The fourth-order valence-corrected chi connectivity index (χ4v) is 2.08. The van der Waals surface area contributed by atoms with Gasteiger partial charge in [-0.05, 0) is 26.5 Å². The third kappa shape index (κ3) is 3.96. The maximum atomic E-state index is 5.54. The summed E-state index contributed by atoms with van der Waals surface area (Å²) >= 11 is 0. The van der Waals surface area contributed by atoms with Crippen molar-refractivity contribution in [1.82, 2.24) is 14.8 Å². The van der Waals surface area contributed by atoms with E-state index in [9.17, 15) is 0 Å². The predicted molar refractivity (Wildman–Crippen MR) is 72.8 cm³/mol. The zero-order chi connectivity index (χ0) is 13.0. The van der Waals surface area contributed by atoms with Crippen molar-refractivity contribution in [2.75, 3.05) is 33.2 Å². The van der Waals surface area contributed by atoms with Crippen molar-refractivity contribution < 1.29 is 4.74 Å². The van der Waals surface area contributed by atoms with E-state index in [4.69, 9.17) is 4.74 Å². The number of piperazine rings is 1. The molecule has 0 bridgehead atoms. The SMILES string of the molecule is CC(C)Oc1ccc(CN2CCN(C)CC2)cn1. The Morgan fingerprint density at radius 1 is 1.22 bits per heavy atom. The molecule has 1 aromatic rings. The first kappa shape index (κ1) is 13.3. The third-order valence-electron chi connectivity index (χ3n) is 3.16. The van der Waals surface area contributed by atoms with E-state index in [2.05, 4.69) is 27.9 Å². The molecule has 0 atom stereocenters. The second-order valence-electron chi connectivity index (χ2n) is 5.25. The van der Waals surface area contributed by atoms with Gasteiger partial charge in [-0.25, -0.2) is 4.98 Å². The van der Waals surface area contributed by atoms with Crippen LogP contribution in [-0.2, 0) is 6.54 Å². The molecule has 1 aromatic heterocycles. The van der Waals surface area contributed by atoms with Gasteiger partial charge in [-0.1, -0.05) is 6.07 Å². The lowest BCUT2D eigenvalue weighted by Crippen LogP contribution is -2.43. The Morgan fingerprint density at radius 2 is 1.94 bits per heavy atom. The van der Waals surface area contributed by atoms with Gasteiger partial charge in [0.2, 0.25) is 5.88 Å². The van der Waals surface area contributed by atoms with E-state index in [0.717, 1.165) is 32.7 Å². The molecule has 1 aliphatic heterocycles. The molecule has 2 rings (SSSR count). The number of nitrogens with zero attached hydrogens (tertiary/aromatic N) is 3. The maximum Gasteiger partial charge on any atom is 0.213 e. The van der Waals surface area contributed by atoms with Gasteiger partial charge in [-0.15, -0.1) is 0 Å². The van der Waals surface area contributed by atoms with Gasteiger partial charge in [0.1, 0.15) is 0 Å². The Morgan fingerprint density at radius 3 is 2.50 bits per heavy atom. The van der Waals surface area contributed by atoms with Crippen LogP contribution in [0.25, 0.3) is 0 Å². The highest BCUT2D eigenvalue weighted by molar-refractivity contribution is 5.18. The number of aromatic nitrogens is 1. The summed E-state index contributed by atoms with van der Waals surface area (Å²) in [4.78, 5) is 9.18. The van der Waals surface area contributed by atoms with Crippen LogP contribution in [0.5, 0.6) is 5.88 Å². The van der Waals surface area contributed by atoms with E-state index < -0.39 is 0 Å². The molecule has 2 heterocycles. The van der Waals surface area contributed by atoms with E-state index in [1.54, 1.807) is 0 Å². The zero-order valence-corrected chi connectivity index (χ0v) is 11.6. The lowest BCUT2D eigenvalue weighted by atomic mass is 10.2. The van der Waals surface area contributed by atoms with Gasteiger partial charge in [0.25, 0.3) is 0 Å². The van der Waals surface area contributed by atoms with Gasteiger partial charge in [-0.3, -0.25) is 4.90 Å². The molecule has 0 aliphatic carbocycles. The lowest BCUT2D eigenvalue weighted by Gasteiger charge is -2.32. The van der Waals surface area contributed by atoms with Crippen LogP contribution in [0.1, 0.15) is 19.4 Å². The van der Waals surface area contributed by atoms with E-state index in [1.807, 2.05) is 26.1 Å². The van der Waals surface area contributed by atoms with E-state index in [0.29, 0.717) is 5.88 Å². The number of rotatable bonds is 4. The Bertz CT molecular complexity index is 356. The lowest BCUT2D eigenvalue weighted by molar-refractivity contribution is 0.148. The number of likely N-dealkylation sites (N-methyl/N-ethyl adjacent to an activating group) is 1. The summed E-state index contributed by atoms with van der Waals surface area (Å²) in [5.74, 6) is 0.715. The van der Waals surface area contributed by atoms with Gasteiger partial charge in [-0.2, -0.15) is 0 Å². The molecule has 4 heteroatoms. The van der Waals surface area contributed by atoms with Gasteiger partial charge >= 0.3 is 0 Å². The molecule has 0 saturated carbocycles. The first-order valence-corrected chi connectivity index (χ1v) is 6.66. The van der Waals surface area contributed by atoms with Crippen molar-refractivity contribution in [3.05, 3.63) is 23.9 Å². The summed E-state index contributed by atoms with van der Waals surface area (Å²) in [6.07, 6.45) is 2.11. The summed E-state index contributed by atoms with van der Waals surface area (Å²) in [6, 6.07) is 4.08. The predicted octanol–water partition coefficient (Wildman–Crippen LogP) is 1.62. The number of pyridine rings is 1. The molecule has 0 unspecified atom stereocenters. The van der Waals surface area contributed by atoms with E-state index in [1.165, 1.54) is 5.56 Å². The zero-order valence-electron chi connectivity index (χ0n) is 11.6. The average Bonchev–Trinajstić information content (AvgIpc) is 2.34. The van der Waals surface area contributed by atoms with Gasteiger partial charge in [0.05, 0.1) is 6.10 Å². The van der Waals surface area contributed by atoms with Crippen LogP contribution in [-0.4, -0.2) is 54.1 Å². The minimum atomic E-state index is 0.181. The van der Waals surface area contributed by atoms with Crippen LogP contribution >= 0.6 is 0 Å². The molecule has 1 saturated heterocycles. The molecular formula is C14H23N3O. The smallest absolute Gasteiger partial charge is 0.213 e. The molecule has 0 spiro atoms. The number of ether oxygens (including phenoxy) is 1. The van der Waals surface area contributed by atoms with E-state index >= 15 is 0 Å². The largest absolute Gasteiger partial charge is 0.475 e. The van der Waals surface area contributed by atoms with Crippen molar-refractivity contribution in [3.63, 3.8) is 0 Å². The summed E-state index contributed by atoms with van der Waals surface area (Å²) in [5.41, 5.74) is 1.26. The highest BCUT2D eigenvalue weighted by Gasteiger charge is 2.13. The Labute approximate surface area is 110 Å². The average molecular weight is 249 g/mol. The van der Waals surface area contributed by atoms with Crippen LogP contribution in [0.2, 0.25) is 0 Å². The topological polar surface area (TPSA) is 28.6 Å². The van der Waals surface area contributed by atoms with Crippen LogP contribution in [0.15, 0.2) is 18.3 Å². The van der Waals surface area contributed by atoms with Crippen molar-refractivity contribution in [2.24, 2.45) is 0 Å². The van der Waals surface area contributed by atoms with Crippen LogP contribution in [0, 0.1) is 0 Å². The molecule has 1 aliphatic rings. The minimum absolute atomic E-state index is 0.181. The quantitative estimate of drug-likeness (QED) is 0.810. The minimum Gasteiger partial charge on any atom is -0.475 e. The molecule has 0 radical (unpaired) electrons. The van der Waals surface area contributed by atoms with Crippen molar-refractivity contribution in [3.8, 4) is 5.88 Å². The third-order valence-corrected chi connectivity index (χ3v) is 3.16. The molecular weight excluding hydrogens is 226 g/mol. The van der Waals surface area contributed by atoms with Gasteiger partial charge < -0.3 is 9.64 Å². The molecule has 4 nitrogen and oxygen atoms in total. The Hall–Kier alpha value is -1.13. The molecule has 1 fully saturated rings. The summed E-state index contributed by atoms with van der Waals surface area (Å²) in [5, 5.41) is 0. The summed E-state index contributed by atoms with van der Waals surface area (Å²) in [7, 11) is 2.18. The van der Waals surface area contributed by atoms with Crippen LogP contribution in [0.4, 0.5) is 0 Å². The van der Waals surface area contributed by atoms with Crippen LogP contribution < -0.4 is 4.74 Å². The normalized spacial score (nSPS) is 18.2. The fourth-order valence-electron chi connectivity index (χ4n) is 2.08.